The van der Waals surface area contributed by atoms with Crippen LogP contribution in [-0.4, -0.2) is 42.3 Å². The third kappa shape index (κ3) is 3.16. The summed E-state index contributed by atoms with van der Waals surface area (Å²) >= 11 is 0. The summed E-state index contributed by atoms with van der Waals surface area (Å²) in [6, 6.07) is 1.98. The lowest BCUT2D eigenvalue weighted by molar-refractivity contribution is -0.0221. The molecule has 2 fully saturated rings. The minimum absolute atomic E-state index is 0.118. The van der Waals surface area contributed by atoms with Crippen LogP contribution in [0.15, 0.2) is 12.3 Å². The summed E-state index contributed by atoms with van der Waals surface area (Å²) in [5.74, 6) is -1.78. The highest BCUT2D eigenvalue weighted by atomic mass is 19.3. The molecule has 1 aromatic rings. The first-order chi connectivity index (χ1) is 11.0. The summed E-state index contributed by atoms with van der Waals surface area (Å²) in [6.07, 6.45) is 1.50. The zero-order valence-corrected chi connectivity index (χ0v) is 15.0. The van der Waals surface area contributed by atoms with Gasteiger partial charge in [-0.1, -0.05) is 6.07 Å². The first-order valence-electron chi connectivity index (χ1n) is 8.46. The number of nitrogens with zero attached hydrogens (tertiary/aromatic N) is 2. The molecule has 0 unspecified atom stereocenters. The van der Waals surface area contributed by atoms with Crippen molar-refractivity contribution >= 4 is 18.4 Å². The van der Waals surface area contributed by atoms with E-state index in [0.717, 1.165) is 16.8 Å². The Morgan fingerprint density at radius 1 is 1.08 bits per heavy atom. The van der Waals surface area contributed by atoms with E-state index in [1.807, 2.05) is 45.6 Å². The SMILES string of the molecule is Cc1cc(B2OC(C)(C)C(C)(C)O2)cnc1N1CCC(F)(F)CC1. The second-order valence-corrected chi connectivity index (χ2v) is 7.84. The molecule has 2 saturated heterocycles. The van der Waals surface area contributed by atoms with E-state index in [0.29, 0.717) is 13.1 Å². The summed E-state index contributed by atoms with van der Waals surface area (Å²) in [6.45, 7) is 10.6. The molecule has 2 aliphatic rings. The van der Waals surface area contributed by atoms with Crippen LogP contribution >= 0.6 is 0 Å². The number of pyridine rings is 1. The van der Waals surface area contributed by atoms with Gasteiger partial charge >= 0.3 is 7.12 Å². The van der Waals surface area contributed by atoms with Gasteiger partial charge in [-0.15, -0.1) is 0 Å². The molecule has 2 aliphatic heterocycles. The number of rotatable bonds is 2. The monoisotopic (exact) mass is 338 g/mol. The van der Waals surface area contributed by atoms with Crippen LogP contribution in [0.1, 0.15) is 46.1 Å². The lowest BCUT2D eigenvalue weighted by Gasteiger charge is -2.33. The van der Waals surface area contributed by atoms with Gasteiger partial charge in [0.1, 0.15) is 5.82 Å². The lowest BCUT2D eigenvalue weighted by atomic mass is 9.79. The molecule has 0 bridgehead atoms. The molecular weight excluding hydrogens is 313 g/mol. The van der Waals surface area contributed by atoms with Gasteiger partial charge in [-0.05, 0) is 40.2 Å². The highest BCUT2D eigenvalue weighted by Gasteiger charge is 2.51. The molecule has 132 valence electrons. The van der Waals surface area contributed by atoms with Crippen LogP contribution in [0, 0.1) is 6.92 Å². The van der Waals surface area contributed by atoms with E-state index in [1.165, 1.54) is 0 Å². The zero-order valence-electron chi connectivity index (χ0n) is 15.0. The number of alkyl halides is 2. The predicted molar refractivity (Wildman–Crippen MR) is 91.1 cm³/mol. The van der Waals surface area contributed by atoms with Crippen LogP contribution < -0.4 is 10.4 Å². The van der Waals surface area contributed by atoms with E-state index in [2.05, 4.69) is 4.98 Å². The fourth-order valence-electron chi connectivity index (χ4n) is 3.07. The van der Waals surface area contributed by atoms with Crippen LogP contribution in [0.2, 0.25) is 0 Å². The molecule has 0 radical (unpaired) electrons. The van der Waals surface area contributed by atoms with Crippen LogP contribution in [0.5, 0.6) is 0 Å². The molecule has 7 heteroatoms. The van der Waals surface area contributed by atoms with Crippen molar-refractivity contribution in [2.24, 2.45) is 0 Å². The van der Waals surface area contributed by atoms with Crippen LogP contribution in [0.4, 0.5) is 14.6 Å². The number of piperidine rings is 1. The minimum Gasteiger partial charge on any atom is -0.399 e. The van der Waals surface area contributed by atoms with E-state index in [4.69, 9.17) is 9.31 Å². The van der Waals surface area contributed by atoms with Crippen molar-refractivity contribution < 1.29 is 18.1 Å². The molecule has 0 saturated carbocycles. The highest BCUT2D eigenvalue weighted by molar-refractivity contribution is 6.62. The zero-order chi connectivity index (χ0) is 17.8. The standard InChI is InChI=1S/C17H25BF2N2O2/c1-12-10-13(18-23-15(2,3)16(4,5)24-18)11-21-14(12)22-8-6-17(19,20)7-9-22/h10-11H,6-9H2,1-5H3. The van der Waals surface area contributed by atoms with E-state index >= 15 is 0 Å². The van der Waals surface area contributed by atoms with Gasteiger partial charge in [-0.2, -0.15) is 0 Å². The number of anilines is 1. The fourth-order valence-corrected chi connectivity index (χ4v) is 3.07. The molecule has 0 atom stereocenters. The summed E-state index contributed by atoms with van der Waals surface area (Å²) < 4.78 is 38.7. The van der Waals surface area contributed by atoms with Crippen molar-refractivity contribution in [3.63, 3.8) is 0 Å². The molecule has 0 N–H and O–H groups in total. The first kappa shape index (κ1) is 17.6. The Labute approximate surface area is 142 Å². The smallest absolute Gasteiger partial charge is 0.399 e. The van der Waals surface area contributed by atoms with Crippen LogP contribution in [-0.2, 0) is 9.31 Å². The molecule has 24 heavy (non-hydrogen) atoms. The van der Waals surface area contributed by atoms with Crippen molar-refractivity contribution in [2.45, 2.75) is 64.6 Å². The molecule has 4 nitrogen and oxygen atoms in total. The maximum absolute atomic E-state index is 13.3. The van der Waals surface area contributed by atoms with Gasteiger partial charge in [-0.3, -0.25) is 0 Å². The van der Waals surface area contributed by atoms with E-state index in [-0.39, 0.29) is 12.8 Å². The first-order valence-corrected chi connectivity index (χ1v) is 8.46. The van der Waals surface area contributed by atoms with E-state index in [9.17, 15) is 8.78 Å². The molecule has 0 spiro atoms. The Morgan fingerprint density at radius 3 is 2.12 bits per heavy atom. The van der Waals surface area contributed by atoms with E-state index < -0.39 is 24.2 Å². The molecule has 0 amide bonds. The van der Waals surface area contributed by atoms with Crippen molar-refractivity contribution in [1.82, 2.24) is 4.98 Å². The van der Waals surface area contributed by atoms with Gasteiger partial charge in [0.15, 0.2) is 0 Å². The summed E-state index contributed by atoms with van der Waals surface area (Å²) in [4.78, 5) is 6.44. The quantitative estimate of drug-likeness (QED) is 0.777. The Kier molecular flexibility index (Phi) is 4.16. The van der Waals surface area contributed by atoms with Gasteiger partial charge in [-0.25, -0.2) is 13.8 Å². The molecular formula is C17H25BF2N2O2. The van der Waals surface area contributed by atoms with E-state index in [1.54, 1.807) is 6.20 Å². The maximum Gasteiger partial charge on any atom is 0.496 e. The van der Waals surface area contributed by atoms with Gasteiger partial charge in [0.2, 0.25) is 0 Å². The fraction of sp³-hybridized carbons (Fsp3) is 0.706. The minimum atomic E-state index is -2.55. The maximum atomic E-state index is 13.3. The van der Waals surface area contributed by atoms with Gasteiger partial charge < -0.3 is 14.2 Å². The summed E-state index contributed by atoms with van der Waals surface area (Å²) in [7, 11) is -0.457. The predicted octanol–water partition coefficient (Wildman–Crippen LogP) is 2.92. The molecule has 0 aromatic carbocycles. The molecule has 3 heterocycles. The number of hydrogen-bond acceptors (Lipinski definition) is 4. The van der Waals surface area contributed by atoms with Crippen LogP contribution in [0.3, 0.4) is 0 Å². The van der Waals surface area contributed by atoms with Crippen molar-refractivity contribution in [1.29, 1.82) is 0 Å². The second-order valence-electron chi connectivity index (χ2n) is 7.84. The van der Waals surface area contributed by atoms with Crippen molar-refractivity contribution in [3.05, 3.63) is 17.8 Å². The Hall–Kier alpha value is -1.21. The van der Waals surface area contributed by atoms with Crippen molar-refractivity contribution in [3.8, 4) is 0 Å². The average molecular weight is 338 g/mol. The lowest BCUT2D eigenvalue weighted by Crippen LogP contribution is -2.41. The number of aryl methyl sites for hydroxylation is 1. The number of hydrogen-bond donors (Lipinski definition) is 0. The van der Waals surface area contributed by atoms with Gasteiger partial charge in [0.05, 0.1) is 11.2 Å². The Morgan fingerprint density at radius 2 is 1.62 bits per heavy atom. The summed E-state index contributed by atoms with van der Waals surface area (Å²) in [5, 5.41) is 0. The third-order valence-electron chi connectivity index (χ3n) is 5.39. The normalized spacial score (nSPS) is 25.1. The van der Waals surface area contributed by atoms with Gasteiger partial charge in [0.25, 0.3) is 5.92 Å². The molecule has 0 aliphatic carbocycles. The van der Waals surface area contributed by atoms with Crippen molar-refractivity contribution in [2.75, 3.05) is 18.0 Å². The highest BCUT2D eigenvalue weighted by Crippen LogP contribution is 2.36. The third-order valence-corrected chi connectivity index (χ3v) is 5.39. The second kappa shape index (κ2) is 5.66. The topological polar surface area (TPSA) is 34.6 Å². The largest absolute Gasteiger partial charge is 0.496 e. The summed E-state index contributed by atoms with van der Waals surface area (Å²) in [5.41, 5.74) is 1.01. The average Bonchev–Trinajstić information content (AvgIpc) is 2.68. The molecule has 3 rings (SSSR count). The van der Waals surface area contributed by atoms with Crippen LogP contribution in [0.25, 0.3) is 0 Å². The Balaban J connectivity index is 1.77. The Bertz CT molecular complexity index is 611. The number of aromatic nitrogens is 1. The number of halogens is 2. The molecule has 1 aromatic heterocycles. The van der Waals surface area contributed by atoms with Gasteiger partial charge in [0, 0.05) is 37.6 Å².